The van der Waals surface area contributed by atoms with Crippen molar-refractivity contribution in [3.8, 4) is 0 Å². The Morgan fingerprint density at radius 3 is 2.95 bits per heavy atom. The fraction of sp³-hybridized carbons (Fsp3) is 0.643. The fourth-order valence-corrected chi connectivity index (χ4v) is 3.07. The van der Waals surface area contributed by atoms with E-state index in [4.69, 9.17) is 21.7 Å². The highest BCUT2D eigenvalue weighted by molar-refractivity contribution is 7.80. The number of aliphatic imine (C=N–C) groups is 1. The van der Waals surface area contributed by atoms with Gasteiger partial charge in [-0.3, -0.25) is 4.79 Å². The zero-order valence-corrected chi connectivity index (χ0v) is 13.4. The van der Waals surface area contributed by atoms with Crippen LogP contribution in [0.15, 0.2) is 16.8 Å². The molecule has 21 heavy (non-hydrogen) atoms. The topological polar surface area (TPSA) is 63.2 Å². The third kappa shape index (κ3) is 3.59. The predicted molar refractivity (Wildman–Crippen MR) is 84.0 cm³/mol. The number of ether oxygens (including phenoxy) is 2. The van der Waals surface area contributed by atoms with Crippen molar-refractivity contribution in [2.75, 3.05) is 27.4 Å². The Morgan fingerprint density at radius 2 is 2.29 bits per heavy atom. The molecule has 0 saturated carbocycles. The van der Waals surface area contributed by atoms with Crippen LogP contribution in [0.5, 0.6) is 0 Å². The van der Waals surface area contributed by atoms with Crippen molar-refractivity contribution in [3.05, 3.63) is 11.8 Å². The van der Waals surface area contributed by atoms with E-state index in [1.54, 1.807) is 14.2 Å². The number of nitrogens with one attached hydrogen (secondary N) is 1. The number of thiocarbonyl (C=S) groups is 1. The van der Waals surface area contributed by atoms with Gasteiger partial charge in [-0.2, -0.15) is 0 Å². The molecule has 0 spiro atoms. The summed E-state index contributed by atoms with van der Waals surface area (Å²) < 4.78 is 10.6. The van der Waals surface area contributed by atoms with Crippen LogP contribution >= 0.6 is 12.2 Å². The van der Waals surface area contributed by atoms with Gasteiger partial charge in [-0.1, -0.05) is 6.08 Å². The molecule has 0 aromatic heterocycles. The summed E-state index contributed by atoms with van der Waals surface area (Å²) in [6.45, 7) is 3.13. The summed E-state index contributed by atoms with van der Waals surface area (Å²) in [5, 5.41) is 3.17. The summed E-state index contributed by atoms with van der Waals surface area (Å²) >= 11 is 5.30. The lowest BCUT2D eigenvalue weighted by Crippen LogP contribution is -2.59. The first-order valence-corrected chi connectivity index (χ1v) is 7.36. The number of allylic oxidation sites excluding steroid dienone is 2. The first-order chi connectivity index (χ1) is 10.1. The van der Waals surface area contributed by atoms with Crippen LogP contribution < -0.4 is 5.32 Å². The Balaban J connectivity index is 2.22. The fourth-order valence-electron chi connectivity index (χ4n) is 2.73. The van der Waals surface area contributed by atoms with Gasteiger partial charge >= 0.3 is 0 Å². The van der Waals surface area contributed by atoms with Crippen LogP contribution in [-0.4, -0.2) is 55.2 Å². The molecule has 0 aliphatic carbocycles. The first-order valence-electron chi connectivity index (χ1n) is 6.95. The number of nitrogens with zero attached hydrogens (tertiary/aromatic N) is 2. The Morgan fingerprint density at radius 1 is 1.52 bits per heavy atom. The van der Waals surface area contributed by atoms with E-state index in [0.717, 1.165) is 12.1 Å². The molecule has 2 rings (SSSR count). The largest absolute Gasteiger partial charge is 0.484 e. The third-order valence-electron chi connectivity index (χ3n) is 3.78. The smallest absolute Gasteiger partial charge is 0.228 e. The SMILES string of the molecule is COCCN1C(=S)NC(=O)C[C@@H]1[C@H]1CC=C(C)N=C1OC. The molecule has 1 N–H and O–H groups in total. The molecule has 2 heterocycles. The monoisotopic (exact) mass is 311 g/mol. The molecule has 6 nitrogen and oxygen atoms in total. The van der Waals surface area contributed by atoms with Gasteiger partial charge in [-0.05, 0) is 25.6 Å². The van der Waals surface area contributed by atoms with E-state index in [1.165, 1.54) is 0 Å². The number of hydrogen-bond acceptors (Lipinski definition) is 5. The van der Waals surface area contributed by atoms with Crippen LogP contribution in [0, 0.1) is 5.92 Å². The van der Waals surface area contributed by atoms with Gasteiger partial charge in [0.2, 0.25) is 5.91 Å². The molecule has 2 atom stereocenters. The maximum atomic E-state index is 11.9. The molecule has 0 aromatic rings. The molecular weight excluding hydrogens is 290 g/mol. The van der Waals surface area contributed by atoms with Crippen molar-refractivity contribution < 1.29 is 14.3 Å². The summed E-state index contributed by atoms with van der Waals surface area (Å²) in [4.78, 5) is 18.3. The van der Waals surface area contributed by atoms with Crippen LogP contribution in [-0.2, 0) is 14.3 Å². The average Bonchev–Trinajstić information content (AvgIpc) is 2.45. The Kier molecular flexibility index (Phi) is 5.30. The van der Waals surface area contributed by atoms with Crippen molar-refractivity contribution in [1.82, 2.24) is 10.2 Å². The van der Waals surface area contributed by atoms with E-state index in [-0.39, 0.29) is 17.9 Å². The quantitative estimate of drug-likeness (QED) is 0.787. The van der Waals surface area contributed by atoms with Crippen molar-refractivity contribution in [3.63, 3.8) is 0 Å². The molecule has 2 aliphatic heterocycles. The predicted octanol–water partition coefficient (Wildman–Crippen LogP) is 1.08. The molecule has 7 heteroatoms. The normalized spacial score (nSPS) is 26.1. The lowest BCUT2D eigenvalue weighted by atomic mass is 9.89. The second kappa shape index (κ2) is 7.00. The number of amides is 1. The van der Waals surface area contributed by atoms with Gasteiger partial charge in [0, 0.05) is 25.8 Å². The minimum absolute atomic E-state index is 0.0274. The molecule has 2 aliphatic rings. The van der Waals surface area contributed by atoms with E-state index in [0.29, 0.717) is 30.6 Å². The molecule has 1 amide bonds. The highest BCUT2D eigenvalue weighted by atomic mass is 32.1. The summed E-state index contributed by atoms with van der Waals surface area (Å²) in [6, 6.07) is -0.0514. The Labute approximate surface area is 130 Å². The van der Waals surface area contributed by atoms with Gasteiger partial charge in [0.25, 0.3) is 0 Å². The summed E-state index contributed by atoms with van der Waals surface area (Å²) in [6.07, 6.45) is 3.24. The standard InChI is InChI=1S/C14H21N3O3S/c1-9-4-5-10(13(15-9)20-3)11-8-12(18)16-14(21)17(11)6-7-19-2/h4,10-11H,5-8H2,1-3H3,(H,16,18,21)/t10-,11-/m1/s1. The zero-order chi connectivity index (χ0) is 15.4. The zero-order valence-electron chi connectivity index (χ0n) is 12.6. The lowest BCUT2D eigenvalue weighted by Gasteiger charge is -2.41. The maximum Gasteiger partial charge on any atom is 0.228 e. The summed E-state index contributed by atoms with van der Waals surface area (Å²) in [5.41, 5.74) is 0.939. The minimum Gasteiger partial charge on any atom is -0.484 e. The van der Waals surface area contributed by atoms with Crippen LogP contribution in [0.2, 0.25) is 0 Å². The van der Waals surface area contributed by atoms with Gasteiger partial charge in [0.15, 0.2) is 11.0 Å². The van der Waals surface area contributed by atoms with E-state index < -0.39 is 0 Å². The highest BCUT2D eigenvalue weighted by Gasteiger charge is 2.38. The van der Waals surface area contributed by atoms with Crippen molar-refractivity contribution in [2.45, 2.75) is 25.8 Å². The lowest BCUT2D eigenvalue weighted by molar-refractivity contribution is -0.122. The molecule has 0 aromatic carbocycles. The van der Waals surface area contributed by atoms with Crippen molar-refractivity contribution in [1.29, 1.82) is 0 Å². The van der Waals surface area contributed by atoms with Gasteiger partial charge in [-0.15, -0.1) is 0 Å². The van der Waals surface area contributed by atoms with E-state index in [2.05, 4.69) is 16.4 Å². The molecule has 0 radical (unpaired) electrons. The van der Waals surface area contributed by atoms with E-state index >= 15 is 0 Å². The second-order valence-corrected chi connectivity index (χ2v) is 5.54. The van der Waals surface area contributed by atoms with Crippen molar-refractivity contribution in [2.24, 2.45) is 10.9 Å². The Bertz CT molecular complexity index is 490. The number of methoxy groups -OCH3 is 2. The molecular formula is C14H21N3O3S. The Hall–Kier alpha value is -1.47. The van der Waals surface area contributed by atoms with E-state index in [9.17, 15) is 4.79 Å². The van der Waals surface area contributed by atoms with Crippen LogP contribution in [0.3, 0.4) is 0 Å². The molecule has 0 unspecified atom stereocenters. The minimum atomic E-state index is -0.0552. The number of hydrogen-bond donors (Lipinski definition) is 1. The molecule has 1 saturated heterocycles. The van der Waals surface area contributed by atoms with Crippen LogP contribution in [0.1, 0.15) is 19.8 Å². The number of carbonyl (C=O) groups excluding carboxylic acids is 1. The van der Waals surface area contributed by atoms with Gasteiger partial charge in [0.1, 0.15) is 0 Å². The summed E-state index contributed by atoms with van der Waals surface area (Å²) in [7, 11) is 3.26. The molecule has 0 bridgehead atoms. The number of carbonyl (C=O) groups is 1. The first kappa shape index (κ1) is 15.9. The third-order valence-corrected chi connectivity index (χ3v) is 4.12. The van der Waals surface area contributed by atoms with Crippen LogP contribution in [0.4, 0.5) is 0 Å². The second-order valence-electron chi connectivity index (χ2n) is 5.15. The maximum absolute atomic E-state index is 11.9. The summed E-state index contributed by atoms with van der Waals surface area (Å²) in [5.74, 6) is 0.639. The highest BCUT2D eigenvalue weighted by Crippen LogP contribution is 2.28. The molecule has 1 fully saturated rings. The van der Waals surface area contributed by atoms with Crippen LogP contribution in [0.25, 0.3) is 0 Å². The van der Waals surface area contributed by atoms with Gasteiger partial charge in [-0.25, -0.2) is 4.99 Å². The van der Waals surface area contributed by atoms with Gasteiger partial charge < -0.3 is 19.7 Å². The average molecular weight is 311 g/mol. The van der Waals surface area contributed by atoms with E-state index in [1.807, 2.05) is 11.8 Å². The number of rotatable bonds is 4. The molecule has 116 valence electrons. The van der Waals surface area contributed by atoms with Gasteiger partial charge in [0.05, 0.1) is 25.7 Å². The van der Waals surface area contributed by atoms with Crippen molar-refractivity contribution >= 4 is 29.1 Å².